The van der Waals surface area contributed by atoms with E-state index in [0.717, 1.165) is 16.8 Å². The number of carbonyl (C=O) groups excluding carboxylic acids is 1. The maximum atomic E-state index is 11.9. The van der Waals surface area contributed by atoms with Crippen molar-refractivity contribution in [1.82, 2.24) is 0 Å². The number of benzene rings is 2. The van der Waals surface area contributed by atoms with Gasteiger partial charge in [0.15, 0.2) is 11.5 Å². The van der Waals surface area contributed by atoms with Crippen LogP contribution in [-0.4, -0.2) is 20.1 Å². The molecule has 0 saturated heterocycles. The van der Waals surface area contributed by atoms with Crippen LogP contribution in [0.25, 0.3) is 6.08 Å². The van der Waals surface area contributed by atoms with E-state index in [9.17, 15) is 4.79 Å². The molecule has 0 bridgehead atoms. The van der Waals surface area contributed by atoms with Gasteiger partial charge in [0.05, 0.1) is 14.2 Å². The number of carbonyl (C=O) groups is 1. The van der Waals surface area contributed by atoms with E-state index in [1.54, 1.807) is 26.4 Å². The molecule has 2 rings (SSSR count). The molecule has 22 heavy (non-hydrogen) atoms. The average Bonchev–Trinajstić information content (AvgIpc) is 2.52. The van der Waals surface area contributed by atoms with Gasteiger partial charge < -0.3 is 14.8 Å². The number of hydrogen-bond donors (Lipinski definition) is 1. The maximum Gasteiger partial charge on any atom is 0.248 e. The molecule has 0 aromatic heterocycles. The van der Waals surface area contributed by atoms with Gasteiger partial charge in [-0.2, -0.15) is 0 Å². The van der Waals surface area contributed by atoms with Crippen LogP contribution in [0.4, 0.5) is 5.69 Å². The van der Waals surface area contributed by atoms with E-state index >= 15 is 0 Å². The second kappa shape index (κ2) is 7.31. The quantitative estimate of drug-likeness (QED) is 0.857. The van der Waals surface area contributed by atoms with Crippen molar-refractivity contribution in [3.05, 3.63) is 59.7 Å². The number of nitrogens with one attached hydrogen (secondary N) is 1. The van der Waals surface area contributed by atoms with E-state index in [-0.39, 0.29) is 5.91 Å². The Hall–Kier alpha value is -2.75. The third kappa shape index (κ3) is 4.12. The van der Waals surface area contributed by atoms with Gasteiger partial charge in [-0.15, -0.1) is 0 Å². The summed E-state index contributed by atoms with van der Waals surface area (Å²) < 4.78 is 10.4. The lowest BCUT2D eigenvalue weighted by Gasteiger charge is -2.07. The molecule has 1 N–H and O–H groups in total. The zero-order valence-electron chi connectivity index (χ0n) is 12.9. The van der Waals surface area contributed by atoms with E-state index in [1.165, 1.54) is 6.08 Å². The highest BCUT2D eigenvalue weighted by molar-refractivity contribution is 6.02. The number of methoxy groups -OCH3 is 2. The molecule has 0 saturated carbocycles. The summed E-state index contributed by atoms with van der Waals surface area (Å²) in [6, 6.07) is 13.1. The number of ether oxygens (including phenoxy) is 2. The molecule has 0 aliphatic rings. The smallest absolute Gasteiger partial charge is 0.248 e. The predicted molar refractivity (Wildman–Crippen MR) is 88.4 cm³/mol. The van der Waals surface area contributed by atoms with Gasteiger partial charge in [-0.25, -0.2) is 0 Å². The van der Waals surface area contributed by atoms with Crippen LogP contribution >= 0.6 is 0 Å². The molecule has 4 heteroatoms. The van der Waals surface area contributed by atoms with Crippen molar-refractivity contribution in [3.8, 4) is 11.5 Å². The van der Waals surface area contributed by atoms with Gasteiger partial charge in [0.2, 0.25) is 5.91 Å². The van der Waals surface area contributed by atoms with Crippen LogP contribution in [-0.2, 0) is 4.79 Å². The Bertz CT molecular complexity index is 692. The largest absolute Gasteiger partial charge is 0.493 e. The fraction of sp³-hybridized carbons (Fsp3) is 0.167. The second-order valence-corrected chi connectivity index (χ2v) is 4.81. The SMILES string of the molecule is COc1ccc(/C=C/C(=O)Nc2cccc(C)c2)cc1OC. The Morgan fingerprint density at radius 2 is 1.82 bits per heavy atom. The number of hydrogen-bond acceptors (Lipinski definition) is 3. The van der Waals surface area contributed by atoms with Crippen LogP contribution in [0.5, 0.6) is 11.5 Å². The molecule has 0 aliphatic carbocycles. The number of aryl methyl sites for hydroxylation is 1. The number of anilines is 1. The van der Waals surface area contributed by atoms with Gasteiger partial charge in [-0.1, -0.05) is 18.2 Å². The topological polar surface area (TPSA) is 47.6 Å². The molecule has 2 aromatic carbocycles. The van der Waals surface area contributed by atoms with Crippen LogP contribution in [0.15, 0.2) is 48.5 Å². The summed E-state index contributed by atoms with van der Waals surface area (Å²) in [5.74, 6) is 1.10. The van der Waals surface area contributed by atoms with E-state index in [0.29, 0.717) is 11.5 Å². The Morgan fingerprint density at radius 3 is 2.50 bits per heavy atom. The fourth-order valence-corrected chi connectivity index (χ4v) is 2.04. The first-order valence-corrected chi connectivity index (χ1v) is 6.90. The monoisotopic (exact) mass is 297 g/mol. The van der Waals surface area contributed by atoms with Gasteiger partial charge in [-0.3, -0.25) is 4.79 Å². The lowest BCUT2D eigenvalue weighted by Crippen LogP contribution is -2.07. The van der Waals surface area contributed by atoms with Crippen LogP contribution in [0.1, 0.15) is 11.1 Å². The van der Waals surface area contributed by atoms with Crippen LogP contribution in [0.3, 0.4) is 0 Å². The third-order valence-corrected chi connectivity index (χ3v) is 3.12. The van der Waals surface area contributed by atoms with Gasteiger partial charge in [0.25, 0.3) is 0 Å². The van der Waals surface area contributed by atoms with E-state index in [2.05, 4.69) is 5.32 Å². The first-order valence-electron chi connectivity index (χ1n) is 6.90. The molecule has 2 aromatic rings. The molecule has 0 fully saturated rings. The van der Waals surface area contributed by atoms with Gasteiger partial charge in [-0.05, 0) is 48.4 Å². The summed E-state index contributed by atoms with van der Waals surface area (Å²) in [7, 11) is 3.17. The van der Waals surface area contributed by atoms with Crippen LogP contribution in [0.2, 0.25) is 0 Å². The number of rotatable bonds is 5. The highest BCUT2D eigenvalue weighted by Crippen LogP contribution is 2.27. The molecule has 0 spiro atoms. The van der Waals surface area contributed by atoms with Gasteiger partial charge >= 0.3 is 0 Å². The van der Waals surface area contributed by atoms with Crippen molar-refractivity contribution in [3.63, 3.8) is 0 Å². The molecule has 0 unspecified atom stereocenters. The zero-order chi connectivity index (χ0) is 15.9. The minimum Gasteiger partial charge on any atom is -0.493 e. The summed E-state index contributed by atoms with van der Waals surface area (Å²) in [5.41, 5.74) is 2.74. The van der Waals surface area contributed by atoms with Gasteiger partial charge in [0.1, 0.15) is 0 Å². The second-order valence-electron chi connectivity index (χ2n) is 4.81. The molecule has 0 radical (unpaired) electrons. The molecule has 0 aliphatic heterocycles. The van der Waals surface area contributed by atoms with Crippen molar-refractivity contribution >= 4 is 17.7 Å². The Labute approximate surface area is 130 Å². The lowest BCUT2D eigenvalue weighted by atomic mass is 10.2. The molecule has 114 valence electrons. The zero-order valence-corrected chi connectivity index (χ0v) is 12.9. The summed E-state index contributed by atoms with van der Waals surface area (Å²) in [6.07, 6.45) is 3.22. The minimum atomic E-state index is -0.180. The van der Waals surface area contributed by atoms with Crippen molar-refractivity contribution in [2.24, 2.45) is 0 Å². The summed E-state index contributed by atoms with van der Waals surface area (Å²) in [6.45, 7) is 1.98. The minimum absolute atomic E-state index is 0.180. The van der Waals surface area contributed by atoms with Crippen molar-refractivity contribution in [2.75, 3.05) is 19.5 Å². The predicted octanol–water partition coefficient (Wildman–Crippen LogP) is 3.66. The average molecular weight is 297 g/mol. The standard InChI is InChI=1S/C18H19NO3/c1-13-5-4-6-15(11-13)19-18(20)10-8-14-7-9-16(21-2)17(12-14)22-3/h4-12H,1-3H3,(H,19,20)/b10-8+. The Balaban J connectivity index is 2.06. The van der Waals surface area contributed by atoms with Gasteiger partial charge in [0, 0.05) is 11.8 Å². The van der Waals surface area contributed by atoms with Crippen molar-refractivity contribution in [2.45, 2.75) is 6.92 Å². The number of amides is 1. The molecule has 0 atom stereocenters. The third-order valence-electron chi connectivity index (χ3n) is 3.12. The lowest BCUT2D eigenvalue weighted by molar-refractivity contribution is -0.111. The van der Waals surface area contributed by atoms with Crippen molar-refractivity contribution in [1.29, 1.82) is 0 Å². The van der Waals surface area contributed by atoms with Crippen LogP contribution in [0, 0.1) is 6.92 Å². The molecule has 1 amide bonds. The molecular formula is C18H19NO3. The normalized spacial score (nSPS) is 10.5. The van der Waals surface area contributed by atoms with E-state index < -0.39 is 0 Å². The summed E-state index contributed by atoms with van der Waals surface area (Å²) in [4.78, 5) is 11.9. The summed E-state index contributed by atoms with van der Waals surface area (Å²) in [5, 5.41) is 2.82. The summed E-state index contributed by atoms with van der Waals surface area (Å²) >= 11 is 0. The van der Waals surface area contributed by atoms with E-state index in [1.807, 2.05) is 43.3 Å². The highest BCUT2D eigenvalue weighted by Gasteiger charge is 2.03. The van der Waals surface area contributed by atoms with Crippen molar-refractivity contribution < 1.29 is 14.3 Å². The first kappa shape index (κ1) is 15.6. The molecule has 0 heterocycles. The maximum absolute atomic E-state index is 11.9. The Morgan fingerprint density at radius 1 is 1.05 bits per heavy atom. The molecular weight excluding hydrogens is 278 g/mol. The van der Waals surface area contributed by atoms with E-state index in [4.69, 9.17) is 9.47 Å². The molecule has 4 nitrogen and oxygen atoms in total. The Kier molecular flexibility index (Phi) is 5.20. The fourth-order valence-electron chi connectivity index (χ4n) is 2.04. The van der Waals surface area contributed by atoms with Crippen LogP contribution < -0.4 is 14.8 Å². The highest BCUT2D eigenvalue weighted by atomic mass is 16.5. The first-order chi connectivity index (χ1) is 10.6.